The van der Waals surface area contributed by atoms with Gasteiger partial charge in [-0.3, -0.25) is 0 Å². The van der Waals surface area contributed by atoms with Gasteiger partial charge in [-0.1, -0.05) is 15.9 Å². The van der Waals surface area contributed by atoms with Crippen molar-refractivity contribution in [2.75, 3.05) is 46.6 Å². The van der Waals surface area contributed by atoms with Crippen LogP contribution in [0.5, 0.6) is 5.75 Å². The van der Waals surface area contributed by atoms with Gasteiger partial charge in [0.1, 0.15) is 5.75 Å². The molecule has 1 aliphatic rings. The van der Waals surface area contributed by atoms with Crippen molar-refractivity contribution in [3.05, 3.63) is 27.7 Å². The molecule has 0 spiro atoms. The first-order valence-corrected chi connectivity index (χ1v) is 7.82. The van der Waals surface area contributed by atoms with Gasteiger partial charge >= 0.3 is 0 Å². The van der Waals surface area contributed by atoms with Gasteiger partial charge in [-0.25, -0.2) is 0 Å². The Morgan fingerprint density at radius 1 is 1.25 bits per heavy atom. The third-order valence-corrected chi connectivity index (χ3v) is 3.71. The van der Waals surface area contributed by atoms with Crippen LogP contribution in [0.4, 0.5) is 0 Å². The van der Waals surface area contributed by atoms with E-state index in [0.717, 1.165) is 62.6 Å². The summed E-state index contributed by atoms with van der Waals surface area (Å²) >= 11 is 3.56. The van der Waals surface area contributed by atoms with Crippen LogP contribution in [-0.2, 0) is 22.3 Å². The number of fused-ring (bicyclic) bond motifs is 1. The molecule has 1 aliphatic heterocycles. The smallest absolute Gasteiger partial charge is 0.125 e. The summed E-state index contributed by atoms with van der Waals surface area (Å²) in [6.45, 7) is 4.70. The molecule has 2 rings (SSSR count). The van der Waals surface area contributed by atoms with Gasteiger partial charge in [0.15, 0.2) is 0 Å². The maximum atomic E-state index is 5.70. The van der Waals surface area contributed by atoms with Crippen LogP contribution in [0.2, 0.25) is 0 Å². The minimum atomic E-state index is 0.720. The molecule has 1 aromatic rings. The molecule has 0 fully saturated rings. The summed E-state index contributed by atoms with van der Waals surface area (Å²) in [6, 6.07) is 4.27. The molecule has 1 N–H and O–H groups in total. The Bertz CT molecular complexity index is 426. The van der Waals surface area contributed by atoms with Crippen molar-refractivity contribution < 1.29 is 14.2 Å². The fourth-order valence-corrected chi connectivity index (χ4v) is 2.81. The molecule has 5 heteroatoms. The highest BCUT2D eigenvalue weighted by Crippen LogP contribution is 2.33. The highest BCUT2D eigenvalue weighted by Gasteiger charge is 2.17. The lowest BCUT2D eigenvalue weighted by molar-refractivity contribution is 0.135. The summed E-state index contributed by atoms with van der Waals surface area (Å²) in [7, 11) is 1.71. The van der Waals surface area contributed by atoms with Crippen LogP contribution in [0.1, 0.15) is 11.1 Å². The normalized spacial score (nSPS) is 13.3. The molecule has 0 aromatic heterocycles. The van der Waals surface area contributed by atoms with Gasteiger partial charge in [0.05, 0.1) is 26.4 Å². The van der Waals surface area contributed by atoms with Gasteiger partial charge in [-0.2, -0.15) is 0 Å². The molecule has 4 nitrogen and oxygen atoms in total. The van der Waals surface area contributed by atoms with E-state index in [9.17, 15) is 0 Å². The van der Waals surface area contributed by atoms with Crippen LogP contribution in [0.25, 0.3) is 0 Å². The van der Waals surface area contributed by atoms with Crippen LogP contribution in [0.3, 0.4) is 0 Å². The first-order chi connectivity index (χ1) is 9.81. The van der Waals surface area contributed by atoms with E-state index in [1.165, 1.54) is 11.1 Å². The number of methoxy groups -OCH3 is 1. The molecule has 0 saturated carbocycles. The Hall–Kier alpha value is -0.620. The summed E-state index contributed by atoms with van der Waals surface area (Å²) in [5.41, 5.74) is 2.54. The zero-order valence-corrected chi connectivity index (χ0v) is 13.5. The van der Waals surface area contributed by atoms with Crippen LogP contribution in [0, 0.1) is 0 Å². The first-order valence-electron chi connectivity index (χ1n) is 7.02. The third kappa shape index (κ3) is 4.74. The molecule has 0 aliphatic carbocycles. The molecule has 0 radical (unpaired) electrons. The molecular weight excluding hydrogens is 322 g/mol. The highest BCUT2D eigenvalue weighted by molar-refractivity contribution is 9.10. The van der Waals surface area contributed by atoms with E-state index in [1.807, 2.05) is 0 Å². The molecule has 0 amide bonds. The van der Waals surface area contributed by atoms with Crippen LogP contribution >= 0.6 is 15.9 Å². The van der Waals surface area contributed by atoms with Crippen LogP contribution in [-0.4, -0.2) is 46.6 Å². The Kier molecular flexibility index (Phi) is 6.79. The second kappa shape index (κ2) is 8.62. The van der Waals surface area contributed by atoms with E-state index in [-0.39, 0.29) is 0 Å². The second-order valence-electron chi connectivity index (χ2n) is 4.76. The Balaban J connectivity index is 1.67. The predicted octanol–water partition coefficient (Wildman–Crippen LogP) is 2.18. The zero-order chi connectivity index (χ0) is 14.2. The van der Waals surface area contributed by atoms with E-state index in [2.05, 4.69) is 33.4 Å². The number of hydrogen-bond donors (Lipinski definition) is 1. The number of nitrogens with one attached hydrogen (secondary N) is 1. The van der Waals surface area contributed by atoms with Gasteiger partial charge in [0, 0.05) is 31.1 Å². The van der Waals surface area contributed by atoms with Crippen molar-refractivity contribution in [3.63, 3.8) is 0 Å². The summed E-state index contributed by atoms with van der Waals surface area (Å²) in [5, 5.41) is 3.25. The predicted molar refractivity (Wildman–Crippen MR) is 82.6 cm³/mol. The monoisotopic (exact) mass is 343 g/mol. The van der Waals surface area contributed by atoms with Crippen molar-refractivity contribution in [2.24, 2.45) is 0 Å². The molecule has 0 unspecified atom stereocenters. The standard InChI is InChI=1S/C15H22BrNO3/c1-18-8-4-17-5-9-19-6-2-12-10-14(16)11-13-3-7-20-15(12)13/h10-11,17H,2-9H2,1H3. The van der Waals surface area contributed by atoms with Gasteiger partial charge in [0.25, 0.3) is 0 Å². The van der Waals surface area contributed by atoms with Gasteiger partial charge in [-0.05, 0) is 29.7 Å². The minimum absolute atomic E-state index is 0.720. The molecule has 1 aromatic carbocycles. The lowest BCUT2D eigenvalue weighted by Gasteiger charge is -2.10. The van der Waals surface area contributed by atoms with Crippen molar-refractivity contribution in [2.45, 2.75) is 12.8 Å². The van der Waals surface area contributed by atoms with E-state index in [4.69, 9.17) is 14.2 Å². The number of ether oxygens (including phenoxy) is 3. The number of halogens is 1. The third-order valence-electron chi connectivity index (χ3n) is 3.25. The molecule has 0 atom stereocenters. The Labute approximate surface area is 128 Å². The van der Waals surface area contributed by atoms with E-state index in [0.29, 0.717) is 0 Å². The quantitative estimate of drug-likeness (QED) is 0.697. The maximum Gasteiger partial charge on any atom is 0.125 e. The van der Waals surface area contributed by atoms with Crippen molar-refractivity contribution in [1.29, 1.82) is 0 Å². The molecule has 20 heavy (non-hydrogen) atoms. The van der Waals surface area contributed by atoms with Crippen LogP contribution in [0.15, 0.2) is 16.6 Å². The van der Waals surface area contributed by atoms with Crippen molar-refractivity contribution >= 4 is 15.9 Å². The lowest BCUT2D eigenvalue weighted by atomic mass is 10.1. The van der Waals surface area contributed by atoms with Crippen LogP contribution < -0.4 is 10.1 Å². The molecular formula is C15H22BrNO3. The fraction of sp³-hybridized carbons (Fsp3) is 0.600. The largest absolute Gasteiger partial charge is 0.493 e. The Morgan fingerprint density at radius 3 is 2.95 bits per heavy atom. The highest BCUT2D eigenvalue weighted by atomic mass is 79.9. The summed E-state index contributed by atoms with van der Waals surface area (Å²) < 4.78 is 17.4. The second-order valence-corrected chi connectivity index (χ2v) is 5.67. The SMILES string of the molecule is COCCNCCOCCc1cc(Br)cc2c1OCC2. The summed E-state index contributed by atoms with van der Waals surface area (Å²) in [5.74, 6) is 1.06. The summed E-state index contributed by atoms with van der Waals surface area (Å²) in [4.78, 5) is 0. The molecule has 0 bridgehead atoms. The van der Waals surface area contributed by atoms with E-state index in [1.54, 1.807) is 7.11 Å². The van der Waals surface area contributed by atoms with E-state index < -0.39 is 0 Å². The zero-order valence-electron chi connectivity index (χ0n) is 11.9. The van der Waals surface area contributed by atoms with Gasteiger partial charge in [0.2, 0.25) is 0 Å². The number of hydrogen-bond acceptors (Lipinski definition) is 4. The van der Waals surface area contributed by atoms with Gasteiger partial charge in [-0.15, -0.1) is 0 Å². The molecule has 1 heterocycles. The minimum Gasteiger partial charge on any atom is -0.493 e. The Morgan fingerprint density at radius 2 is 2.10 bits per heavy atom. The van der Waals surface area contributed by atoms with Crippen molar-refractivity contribution in [1.82, 2.24) is 5.32 Å². The average molecular weight is 344 g/mol. The number of rotatable bonds is 9. The average Bonchev–Trinajstić information content (AvgIpc) is 2.89. The number of benzene rings is 1. The molecule has 112 valence electrons. The fourth-order valence-electron chi connectivity index (χ4n) is 2.26. The van der Waals surface area contributed by atoms with Crippen molar-refractivity contribution in [3.8, 4) is 5.75 Å². The van der Waals surface area contributed by atoms with Gasteiger partial charge < -0.3 is 19.5 Å². The lowest BCUT2D eigenvalue weighted by Crippen LogP contribution is -2.23. The molecule has 0 saturated heterocycles. The topological polar surface area (TPSA) is 39.7 Å². The first kappa shape index (κ1) is 15.8. The van der Waals surface area contributed by atoms with E-state index >= 15 is 0 Å². The maximum absolute atomic E-state index is 5.70. The summed E-state index contributed by atoms with van der Waals surface area (Å²) in [6.07, 6.45) is 1.89.